The molecule has 28 heavy (non-hydrogen) atoms. The van der Waals surface area contributed by atoms with E-state index in [0.29, 0.717) is 42.9 Å². The van der Waals surface area contributed by atoms with Gasteiger partial charge >= 0.3 is 0 Å². The number of amides is 2. The Hall–Kier alpha value is -2.67. The van der Waals surface area contributed by atoms with Crippen molar-refractivity contribution in [1.29, 1.82) is 0 Å². The summed E-state index contributed by atoms with van der Waals surface area (Å²) in [7, 11) is -3.10. The third-order valence-electron chi connectivity index (χ3n) is 4.78. The summed E-state index contributed by atoms with van der Waals surface area (Å²) in [5.41, 5.74) is 2.95. The normalized spacial score (nSPS) is 14.8. The molecule has 2 aromatic carbocycles. The van der Waals surface area contributed by atoms with Crippen LogP contribution < -0.4 is 0 Å². The summed E-state index contributed by atoms with van der Waals surface area (Å²) in [5.74, 6) is -0.160. The van der Waals surface area contributed by atoms with E-state index >= 15 is 0 Å². The van der Waals surface area contributed by atoms with Crippen molar-refractivity contribution < 1.29 is 18.0 Å². The largest absolute Gasteiger partial charge is 0.335 e. The lowest BCUT2D eigenvalue weighted by Crippen LogP contribution is -2.50. The first-order valence-corrected chi connectivity index (χ1v) is 11.2. The molecule has 2 amide bonds. The van der Waals surface area contributed by atoms with Gasteiger partial charge in [-0.3, -0.25) is 9.59 Å². The molecular weight excluding hydrogens is 376 g/mol. The average Bonchev–Trinajstić information content (AvgIpc) is 2.67. The predicted molar refractivity (Wildman–Crippen MR) is 108 cm³/mol. The molecule has 0 spiro atoms. The van der Waals surface area contributed by atoms with Gasteiger partial charge in [-0.25, -0.2) is 8.42 Å². The third-order valence-corrected chi connectivity index (χ3v) is 5.64. The van der Waals surface area contributed by atoms with Gasteiger partial charge in [-0.15, -0.1) is 0 Å². The number of hydrogen-bond acceptors (Lipinski definition) is 4. The van der Waals surface area contributed by atoms with Crippen molar-refractivity contribution in [3.8, 4) is 0 Å². The number of aryl methyl sites for hydroxylation is 1. The van der Waals surface area contributed by atoms with E-state index in [4.69, 9.17) is 0 Å². The maximum Gasteiger partial charge on any atom is 0.253 e. The Morgan fingerprint density at radius 2 is 1.18 bits per heavy atom. The first-order chi connectivity index (χ1) is 13.2. The lowest BCUT2D eigenvalue weighted by Gasteiger charge is -2.35. The number of piperazine rings is 1. The summed E-state index contributed by atoms with van der Waals surface area (Å²) >= 11 is 0. The van der Waals surface area contributed by atoms with Crippen molar-refractivity contribution in [1.82, 2.24) is 9.80 Å². The summed E-state index contributed by atoms with van der Waals surface area (Å²) in [4.78, 5) is 28.8. The molecule has 148 valence electrons. The molecule has 2 aromatic rings. The topological polar surface area (TPSA) is 74.8 Å². The van der Waals surface area contributed by atoms with Crippen molar-refractivity contribution in [2.45, 2.75) is 12.7 Å². The van der Waals surface area contributed by atoms with Gasteiger partial charge in [0.1, 0.15) is 0 Å². The molecule has 1 aliphatic rings. The van der Waals surface area contributed by atoms with Crippen LogP contribution in [-0.4, -0.2) is 62.5 Å². The lowest BCUT2D eigenvalue weighted by molar-refractivity contribution is 0.0535. The van der Waals surface area contributed by atoms with Crippen LogP contribution in [0, 0.1) is 6.92 Å². The molecule has 0 unspecified atom stereocenters. The second kappa shape index (κ2) is 8.14. The number of nitrogens with zero attached hydrogens (tertiary/aromatic N) is 2. The van der Waals surface area contributed by atoms with Crippen molar-refractivity contribution in [2.24, 2.45) is 0 Å². The molecule has 3 rings (SSSR count). The third kappa shape index (κ3) is 4.98. The quantitative estimate of drug-likeness (QED) is 0.788. The van der Waals surface area contributed by atoms with Crippen molar-refractivity contribution in [3.05, 3.63) is 70.8 Å². The first kappa shape index (κ1) is 20.1. The minimum absolute atomic E-state index is 0.0165. The summed E-state index contributed by atoms with van der Waals surface area (Å²) in [5, 5.41) is 0. The standard InChI is InChI=1S/C21H24N2O4S/c1-16-3-7-18(8-4-16)20(24)22-11-13-23(14-12-22)21(25)19-9-5-17(6-10-19)15-28(2,26)27/h3-10H,11-15H2,1-2H3. The van der Waals surface area contributed by atoms with Gasteiger partial charge in [0.05, 0.1) is 5.75 Å². The highest BCUT2D eigenvalue weighted by Gasteiger charge is 2.25. The monoisotopic (exact) mass is 400 g/mol. The molecule has 0 aromatic heterocycles. The van der Waals surface area contributed by atoms with Gasteiger partial charge in [0.2, 0.25) is 0 Å². The molecule has 0 bridgehead atoms. The molecular formula is C21H24N2O4S. The molecule has 1 aliphatic heterocycles. The van der Waals surface area contributed by atoms with Crippen molar-refractivity contribution in [2.75, 3.05) is 32.4 Å². The van der Waals surface area contributed by atoms with E-state index in [1.807, 2.05) is 31.2 Å². The molecule has 7 heteroatoms. The highest BCUT2D eigenvalue weighted by molar-refractivity contribution is 7.89. The fourth-order valence-electron chi connectivity index (χ4n) is 3.22. The second-order valence-corrected chi connectivity index (χ2v) is 9.36. The van der Waals surface area contributed by atoms with Crippen LogP contribution in [0.1, 0.15) is 31.8 Å². The molecule has 1 saturated heterocycles. The molecule has 0 aliphatic carbocycles. The van der Waals surface area contributed by atoms with Crippen LogP contribution in [0.15, 0.2) is 48.5 Å². The van der Waals surface area contributed by atoms with Crippen LogP contribution in [0.5, 0.6) is 0 Å². The van der Waals surface area contributed by atoms with E-state index in [1.54, 1.807) is 34.1 Å². The SMILES string of the molecule is Cc1ccc(C(=O)N2CCN(C(=O)c3ccc(CS(C)(=O)=O)cc3)CC2)cc1. The fraction of sp³-hybridized carbons (Fsp3) is 0.333. The zero-order valence-corrected chi connectivity index (χ0v) is 16.9. The Morgan fingerprint density at radius 3 is 1.57 bits per heavy atom. The van der Waals surface area contributed by atoms with Gasteiger partial charge in [-0.05, 0) is 36.8 Å². The summed E-state index contributed by atoms with van der Waals surface area (Å²) < 4.78 is 22.7. The number of carbonyl (C=O) groups excluding carboxylic acids is 2. The maximum atomic E-state index is 12.7. The summed E-state index contributed by atoms with van der Waals surface area (Å²) in [6.07, 6.45) is 1.18. The number of sulfone groups is 1. The molecule has 1 heterocycles. The summed E-state index contributed by atoms with van der Waals surface area (Å²) in [6.45, 7) is 3.91. The molecule has 6 nitrogen and oxygen atoms in total. The van der Waals surface area contributed by atoms with E-state index in [9.17, 15) is 18.0 Å². The van der Waals surface area contributed by atoms with Crippen molar-refractivity contribution >= 4 is 21.7 Å². The van der Waals surface area contributed by atoms with Crippen LogP contribution in [-0.2, 0) is 15.6 Å². The lowest BCUT2D eigenvalue weighted by atomic mass is 10.1. The highest BCUT2D eigenvalue weighted by Crippen LogP contribution is 2.14. The first-order valence-electron chi connectivity index (χ1n) is 9.15. The number of benzene rings is 2. The zero-order chi connectivity index (χ0) is 20.3. The average molecular weight is 401 g/mol. The van der Waals surface area contributed by atoms with Gasteiger partial charge in [0.15, 0.2) is 9.84 Å². The van der Waals surface area contributed by atoms with E-state index in [1.165, 1.54) is 6.26 Å². The van der Waals surface area contributed by atoms with Crippen LogP contribution >= 0.6 is 0 Å². The molecule has 0 N–H and O–H groups in total. The van der Waals surface area contributed by atoms with Crippen molar-refractivity contribution in [3.63, 3.8) is 0 Å². The maximum absolute atomic E-state index is 12.7. The molecule has 0 saturated carbocycles. The van der Waals surface area contributed by atoms with Gasteiger partial charge in [-0.2, -0.15) is 0 Å². The number of hydrogen-bond donors (Lipinski definition) is 0. The van der Waals surface area contributed by atoms with E-state index in [2.05, 4.69) is 0 Å². The zero-order valence-electron chi connectivity index (χ0n) is 16.1. The Labute approximate surface area is 165 Å². The minimum Gasteiger partial charge on any atom is -0.335 e. The summed E-state index contributed by atoms with van der Waals surface area (Å²) in [6, 6.07) is 14.2. The van der Waals surface area contributed by atoms with Gasteiger partial charge in [0.25, 0.3) is 11.8 Å². The second-order valence-electron chi connectivity index (χ2n) is 7.22. The number of rotatable bonds is 4. The Kier molecular flexibility index (Phi) is 5.84. The Bertz CT molecular complexity index is 958. The van der Waals surface area contributed by atoms with Gasteiger partial charge < -0.3 is 9.80 Å². The Balaban J connectivity index is 1.59. The van der Waals surface area contributed by atoms with E-state index in [-0.39, 0.29) is 17.6 Å². The van der Waals surface area contributed by atoms with E-state index in [0.717, 1.165) is 5.56 Å². The Morgan fingerprint density at radius 1 is 0.786 bits per heavy atom. The predicted octanol–water partition coefficient (Wildman–Crippen LogP) is 2.14. The van der Waals surface area contributed by atoms with Crippen LogP contribution in [0.4, 0.5) is 0 Å². The van der Waals surface area contributed by atoms with Crippen LogP contribution in [0.3, 0.4) is 0 Å². The van der Waals surface area contributed by atoms with Gasteiger partial charge in [0, 0.05) is 43.6 Å². The minimum atomic E-state index is -3.10. The van der Waals surface area contributed by atoms with Gasteiger partial charge in [-0.1, -0.05) is 29.8 Å². The molecule has 0 radical (unpaired) electrons. The van der Waals surface area contributed by atoms with Crippen LogP contribution in [0.25, 0.3) is 0 Å². The fourth-order valence-corrected chi connectivity index (χ4v) is 4.02. The van der Waals surface area contributed by atoms with E-state index < -0.39 is 9.84 Å². The van der Waals surface area contributed by atoms with Crippen LogP contribution in [0.2, 0.25) is 0 Å². The molecule has 1 fully saturated rings. The number of carbonyl (C=O) groups is 2. The molecule has 0 atom stereocenters. The highest BCUT2D eigenvalue weighted by atomic mass is 32.2. The smallest absolute Gasteiger partial charge is 0.253 e.